The average molecular weight is 263 g/mol. The van der Waals surface area contributed by atoms with Crippen molar-refractivity contribution in [3.05, 3.63) is 29.8 Å². The van der Waals surface area contributed by atoms with E-state index in [1.165, 1.54) is 7.11 Å². The Morgan fingerprint density at radius 2 is 2.11 bits per heavy atom. The summed E-state index contributed by atoms with van der Waals surface area (Å²) in [7, 11) is 3.10. The number of nitrogens with one attached hydrogen (secondary N) is 1. The molecule has 0 radical (unpaired) electrons. The second-order valence-electron chi connectivity index (χ2n) is 4.95. The summed E-state index contributed by atoms with van der Waals surface area (Å²) in [4.78, 5) is 12.2. The van der Waals surface area contributed by atoms with Crippen molar-refractivity contribution in [2.75, 3.05) is 20.8 Å². The van der Waals surface area contributed by atoms with Crippen molar-refractivity contribution in [3.63, 3.8) is 0 Å². The predicted octanol–water partition coefficient (Wildman–Crippen LogP) is 1.92. The number of carbonyl (C=O) groups excluding carboxylic acids is 1. The Labute approximate surface area is 114 Å². The van der Waals surface area contributed by atoms with E-state index in [1.807, 2.05) is 24.3 Å². The molecule has 1 aromatic carbocycles. The molecule has 1 unspecified atom stereocenters. The number of carbonyl (C=O) groups is 1. The Morgan fingerprint density at radius 3 is 2.74 bits per heavy atom. The van der Waals surface area contributed by atoms with E-state index in [9.17, 15) is 4.79 Å². The lowest BCUT2D eigenvalue weighted by Crippen LogP contribution is -2.56. The number of para-hydroxylation sites is 1. The normalized spacial score (nSPS) is 22.8. The lowest BCUT2D eigenvalue weighted by Gasteiger charge is -2.36. The van der Waals surface area contributed by atoms with E-state index in [-0.39, 0.29) is 5.97 Å². The van der Waals surface area contributed by atoms with Crippen molar-refractivity contribution in [1.82, 2.24) is 5.32 Å². The van der Waals surface area contributed by atoms with Crippen molar-refractivity contribution in [2.24, 2.45) is 0 Å². The van der Waals surface area contributed by atoms with E-state index < -0.39 is 5.54 Å². The highest BCUT2D eigenvalue weighted by Crippen LogP contribution is 2.29. The summed E-state index contributed by atoms with van der Waals surface area (Å²) in [6, 6.07) is 7.82. The predicted molar refractivity (Wildman–Crippen MR) is 73.3 cm³/mol. The van der Waals surface area contributed by atoms with Gasteiger partial charge in [-0.1, -0.05) is 18.2 Å². The van der Waals surface area contributed by atoms with Gasteiger partial charge >= 0.3 is 5.97 Å². The number of rotatable bonds is 4. The minimum absolute atomic E-state index is 0.182. The highest BCUT2D eigenvalue weighted by molar-refractivity contribution is 5.81. The summed E-state index contributed by atoms with van der Waals surface area (Å²) in [6.45, 7) is 0.851. The Morgan fingerprint density at radius 1 is 1.32 bits per heavy atom. The molecule has 4 nitrogen and oxygen atoms in total. The fourth-order valence-electron chi connectivity index (χ4n) is 2.73. The Kier molecular flexibility index (Phi) is 4.43. The first-order chi connectivity index (χ1) is 9.22. The maximum Gasteiger partial charge on any atom is 0.326 e. The van der Waals surface area contributed by atoms with E-state index >= 15 is 0 Å². The van der Waals surface area contributed by atoms with Crippen LogP contribution in [0.3, 0.4) is 0 Å². The quantitative estimate of drug-likeness (QED) is 0.843. The molecular formula is C15H21NO3. The molecule has 1 fully saturated rings. The SMILES string of the molecule is COC(=O)C1(Cc2ccccc2OC)CCCCN1. The summed E-state index contributed by atoms with van der Waals surface area (Å²) < 4.78 is 10.4. The topological polar surface area (TPSA) is 47.6 Å². The lowest BCUT2D eigenvalue weighted by atomic mass is 9.83. The molecule has 0 spiro atoms. The van der Waals surface area contributed by atoms with Gasteiger partial charge in [-0.05, 0) is 37.4 Å². The van der Waals surface area contributed by atoms with Gasteiger partial charge in [-0.15, -0.1) is 0 Å². The van der Waals surface area contributed by atoms with Crippen LogP contribution in [0.1, 0.15) is 24.8 Å². The monoisotopic (exact) mass is 263 g/mol. The molecule has 0 aliphatic carbocycles. The number of hydrogen-bond donors (Lipinski definition) is 1. The molecule has 1 atom stereocenters. The smallest absolute Gasteiger partial charge is 0.326 e. The van der Waals surface area contributed by atoms with Gasteiger partial charge in [0.05, 0.1) is 14.2 Å². The van der Waals surface area contributed by atoms with Gasteiger partial charge in [0.25, 0.3) is 0 Å². The number of methoxy groups -OCH3 is 2. The third-order valence-electron chi connectivity index (χ3n) is 3.75. The van der Waals surface area contributed by atoms with Gasteiger partial charge in [-0.25, -0.2) is 0 Å². The average Bonchev–Trinajstić information content (AvgIpc) is 2.48. The summed E-state index contributed by atoms with van der Waals surface area (Å²) >= 11 is 0. The van der Waals surface area contributed by atoms with Crippen LogP contribution in [0.4, 0.5) is 0 Å². The third kappa shape index (κ3) is 2.89. The van der Waals surface area contributed by atoms with Gasteiger partial charge < -0.3 is 14.8 Å². The number of esters is 1. The molecular weight excluding hydrogens is 242 g/mol. The molecule has 0 saturated carbocycles. The van der Waals surface area contributed by atoms with Crippen LogP contribution >= 0.6 is 0 Å². The first-order valence-corrected chi connectivity index (χ1v) is 6.67. The van der Waals surface area contributed by atoms with E-state index in [0.29, 0.717) is 6.42 Å². The van der Waals surface area contributed by atoms with Crippen molar-refractivity contribution in [1.29, 1.82) is 0 Å². The van der Waals surface area contributed by atoms with Crippen LogP contribution in [0.2, 0.25) is 0 Å². The molecule has 1 aliphatic heterocycles. The second-order valence-corrected chi connectivity index (χ2v) is 4.95. The van der Waals surface area contributed by atoms with Gasteiger partial charge in [-0.2, -0.15) is 0 Å². The summed E-state index contributed by atoms with van der Waals surface area (Å²) in [6.07, 6.45) is 3.54. The van der Waals surface area contributed by atoms with E-state index in [0.717, 1.165) is 37.1 Å². The third-order valence-corrected chi connectivity index (χ3v) is 3.75. The first-order valence-electron chi connectivity index (χ1n) is 6.67. The molecule has 1 heterocycles. The maximum absolute atomic E-state index is 12.2. The Bertz CT molecular complexity index is 439. The van der Waals surface area contributed by atoms with Crippen LogP contribution in [0, 0.1) is 0 Å². The van der Waals surface area contributed by atoms with E-state index in [4.69, 9.17) is 9.47 Å². The zero-order chi connectivity index (χ0) is 13.7. The number of hydrogen-bond acceptors (Lipinski definition) is 4. The molecule has 1 aliphatic rings. The number of ether oxygens (including phenoxy) is 2. The van der Waals surface area contributed by atoms with Crippen LogP contribution in [0.25, 0.3) is 0 Å². The van der Waals surface area contributed by atoms with Gasteiger partial charge in [0.1, 0.15) is 11.3 Å². The van der Waals surface area contributed by atoms with Crippen molar-refractivity contribution >= 4 is 5.97 Å². The van der Waals surface area contributed by atoms with Crippen LogP contribution in [-0.4, -0.2) is 32.3 Å². The van der Waals surface area contributed by atoms with E-state index in [2.05, 4.69) is 5.32 Å². The van der Waals surface area contributed by atoms with Crippen LogP contribution < -0.4 is 10.1 Å². The molecule has 0 amide bonds. The minimum Gasteiger partial charge on any atom is -0.496 e. The van der Waals surface area contributed by atoms with Gasteiger partial charge in [-0.3, -0.25) is 4.79 Å². The standard InChI is InChI=1S/C15H21NO3/c1-18-13-8-4-3-7-12(13)11-15(14(17)19-2)9-5-6-10-16-15/h3-4,7-8,16H,5-6,9-11H2,1-2H3. The first kappa shape index (κ1) is 13.9. The van der Waals surface area contributed by atoms with Crippen LogP contribution in [0.5, 0.6) is 5.75 Å². The van der Waals surface area contributed by atoms with Crippen LogP contribution in [0.15, 0.2) is 24.3 Å². The molecule has 2 rings (SSSR count). The Hall–Kier alpha value is -1.55. The largest absolute Gasteiger partial charge is 0.496 e. The lowest BCUT2D eigenvalue weighted by molar-refractivity contribution is -0.149. The summed E-state index contributed by atoms with van der Waals surface area (Å²) in [5.74, 6) is 0.635. The van der Waals surface area contributed by atoms with Gasteiger partial charge in [0.15, 0.2) is 0 Å². The number of piperidine rings is 1. The Balaban J connectivity index is 2.27. The molecule has 1 saturated heterocycles. The summed E-state index contributed by atoms with van der Waals surface area (Å²) in [5, 5.41) is 3.35. The zero-order valence-corrected chi connectivity index (χ0v) is 11.6. The number of benzene rings is 1. The molecule has 19 heavy (non-hydrogen) atoms. The van der Waals surface area contributed by atoms with Crippen molar-refractivity contribution < 1.29 is 14.3 Å². The van der Waals surface area contributed by atoms with E-state index in [1.54, 1.807) is 7.11 Å². The molecule has 104 valence electrons. The molecule has 1 aromatic rings. The molecule has 1 N–H and O–H groups in total. The van der Waals surface area contributed by atoms with Gasteiger partial charge in [0, 0.05) is 6.42 Å². The highest BCUT2D eigenvalue weighted by Gasteiger charge is 2.41. The fourth-order valence-corrected chi connectivity index (χ4v) is 2.73. The zero-order valence-electron chi connectivity index (χ0n) is 11.6. The van der Waals surface area contributed by atoms with Crippen molar-refractivity contribution in [3.8, 4) is 5.75 Å². The van der Waals surface area contributed by atoms with Gasteiger partial charge in [0.2, 0.25) is 0 Å². The molecule has 0 aromatic heterocycles. The molecule has 4 heteroatoms. The summed E-state index contributed by atoms with van der Waals surface area (Å²) in [5.41, 5.74) is 0.423. The minimum atomic E-state index is -0.609. The second kappa shape index (κ2) is 6.06. The highest BCUT2D eigenvalue weighted by atomic mass is 16.5. The van der Waals surface area contributed by atoms with Crippen LogP contribution in [-0.2, 0) is 16.0 Å². The maximum atomic E-state index is 12.2. The van der Waals surface area contributed by atoms with Crippen molar-refractivity contribution in [2.45, 2.75) is 31.2 Å². The fraction of sp³-hybridized carbons (Fsp3) is 0.533. The molecule has 0 bridgehead atoms.